The summed E-state index contributed by atoms with van der Waals surface area (Å²) in [6.07, 6.45) is 1.27. The van der Waals surface area contributed by atoms with Crippen LogP contribution in [0.4, 0.5) is 0 Å². The van der Waals surface area contributed by atoms with Crippen molar-refractivity contribution < 1.29 is 17.9 Å². The Kier molecular flexibility index (Phi) is 8.47. The molecule has 1 N–H and O–H groups in total. The zero-order chi connectivity index (χ0) is 22.4. The molecule has 1 saturated heterocycles. The Hall–Kier alpha value is -1.51. The molecule has 1 heterocycles. The molecule has 3 rings (SSSR count). The summed E-state index contributed by atoms with van der Waals surface area (Å²) in [5, 5.41) is 4.13. The van der Waals surface area contributed by atoms with Crippen molar-refractivity contribution in [2.45, 2.75) is 18.6 Å². The molecule has 1 aliphatic heterocycles. The van der Waals surface area contributed by atoms with E-state index < -0.39 is 15.9 Å². The zero-order valence-electron chi connectivity index (χ0n) is 16.7. The van der Waals surface area contributed by atoms with Gasteiger partial charge in [-0.25, -0.2) is 12.7 Å². The van der Waals surface area contributed by atoms with Crippen molar-refractivity contribution in [2.75, 3.05) is 26.2 Å². The maximum absolute atomic E-state index is 12.8. The molecule has 0 unspecified atom stereocenters. The van der Waals surface area contributed by atoms with Crippen LogP contribution in [0.25, 0.3) is 0 Å². The van der Waals surface area contributed by atoms with E-state index in [1.165, 1.54) is 4.31 Å². The van der Waals surface area contributed by atoms with Gasteiger partial charge in [0.1, 0.15) is 12.4 Å². The van der Waals surface area contributed by atoms with E-state index in [0.717, 1.165) is 0 Å². The predicted molar refractivity (Wildman–Crippen MR) is 123 cm³/mol. The third-order valence-electron chi connectivity index (χ3n) is 4.97. The summed E-state index contributed by atoms with van der Waals surface area (Å²) in [4.78, 5) is 12.5. The van der Waals surface area contributed by atoms with Crippen molar-refractivity contribution in [3.05, 3.63) is 63.1 Å². The number of halogens is 3. The molecule has 0 bridgehead atoms. The highest BCUT2D eigenvalue weighted by atomic mass is 35.5. The molecule has 2 aromatic rings. The van der Waals surface area contributed by atoms with E-state index in [9.17, 15) is 13.2 Å². The molecule has 0 aromatic heterocycles. The molecular formula is C21H23Cl3N2O4S. The summed E-state index contributed by atoms with van der Waals surface area (Å²) in [7, 11) is -3.58. The molecule has 1 aliphatic rings. The fourth-order valence-electron chi connectivity index (χ4n) is 3.36. The second kappa shape index (κ2) is 10.9. The van der Waals surface area contributed by atoms with Crippen molar-refractivity contribution in [3.63, 3.8) is 0 Å². The Balaban J connectivity index is 1.49. The first-order valence-electron chi connectivity index (χ1n) is 9.82. The number of amides is 1. The molecular weight excluding hydrogens is 483 g/mol. The van der Waals surface area contributed by atoms with Gasteiger partial charge in [0.05, 0.1) is 28.3 Å². The van der Waals surface area contributed by atoms with Crippen molar-refractivity contribution >= 4 is 50.7 Å². The SMILES string of the molecule is O=C(NCCOc1ccc(Cl)cc1)[C@@H]1CCCN(S(=O)(=O)Cc2ccc(Cl)c(Cl)c2)C1. The minimum Gasteiger partial charge on any atom is -0.492 e. The van der Waals surface area contributed by atoms with Gasteiger partial charge in [0.2, 0.25) is 15.9 Å². The number of piperidine rings is 1. The van der Waals surface area contributed by atoms with Crippen LogP contribution in [0.1, 0.15) is 18.4 Å². The molecule has 0 aliphatic carbocycles. The second-order valence-electron chi connectivity index (χ2n) is 7.30. The number of hydrogen-bond donors (Lipinski definition) is 1. The number of sulfonamides is 1. The van der Waals surface area contributed by atoms with Crippen LogP contribution in [0, 0.1) is 5.92 Å². The molecule has 1 fully saturated rings. The van der Waals surface area contributed by atoms with Crippen molar-refractivity contribution in [1.29, 1.82) is 0 Å². The highest BCUT2D eigenvalue weighted by Gasteiger charge is 2.32. The topological polar surface area (TPSA) is 75.7 Å². The van der Waals surface area contributed by atoms with E-state index in [-0.39, 0.29) is 18.2 Å². The van der Waals surface area contributed by atoms with E-state index in [1.807, 2.05) is 0 Å². The number of benzene rings is 2. The highest BCUT2D eigenvalue weighted by Crippen LogP contribution is 2.26. The smallest absolute Gasteiger partial charge is 0.224 e. The minimum atomic E-state index is -3.58. The molecule has 1 atom stereocenters. The van der Waals surface area contributed by atoms with E-state index in [1.54, 1.807) is 42.5 Å². The van der Waals surface area contributed by atoms with Crippen molar-refractivity contribution in [1.82, 2.24) is 9.62 Å². The van der Waals surface area contributed by atoms with Gasteiger partial charge in [-0.15, -0.1) is 0 Å². The summed E-state index contributed by atoms with van der Waals surface area (Å²) >= 11 is 17.7. The largest absolute Gasteiger partial charge is 0.492 e. The molecule has 31 heavy (non-hydrogen) atoms. The third kappa shape index (κ3) is 6.99. The summed E-state index contributed by atoms with van der Waals surface area (Å²) < 4.78 is 32.6. The number of carbonyl (C=O) groups is 1. The van der Waals surface area contributed by atoms with Gasteiger partial charge in [-0.2, -0.15) is 0 Å². The Bertz CT molecular complexity index is 1020. The van der Waals surface area contributed by atoms with Gasteiger partial charge in [0.25, 0.3) is 0 Å². The lowest BCUT2D eigenvalue weighted by Crippen LogP contribution is -2.46. The monoisotopic (exact) mass is 504 g/mol. The first-order valence-corrected chi connectivity index (χ1v) is 12.6. The Morgan fingerprint density at radius 3 is 2.55 bits per heavy atom. The minimum absolute atomic E-state index is 0.160. The molecule has 168 valence electrons. The summed E-state index contributed by atoms with van der Waals surface area (Å²) in [6.45, 7) is 1.19. The van der Waals surface area contributed by atoms with Gasteiger partial charge in [-0.1, -0.05) is 40.9 Å². The molecule has 6 nitrogen and oxygen atoms in total. The lowest BCUT2D eigenvalue weighted by atomic mass is 9.99. The summed E-state index contributed by atoms with van der Waals surface area (Å²) in [5.41, 5.74) is 0.556. The van der Waals surface area contributed by atoms with Crippen LogP contribution in [-0.4, -0.2) is 44.9 Å². The van der Waals surface area contributed by atoms with Crippen molar-refractivity contribution in [3.8, 4) is 5.75 Å². The Morgan fingerprint density at radius 1 is 1.10 bits per heavy atom. The number of nitrogens with one attached hydrogen (secondary N) is 1. The molecule has 0 spiro atoms. The normalized spacial score (nSPS) is 17.3. The second-order valence-corrected chi connectivity index (χ2v) is 10.5. The number of nitrogens with zero attached hydrogens (tertiary/aromatic N) is 1. The maximum Gasteiger partial charge on any atom is 0.224 e. The van der Waals surface area contributed by atoms with Crippen LogP contribution in [0.5, 0.6) is 5.75 Å². The van der Waals surface area contributed by atoms with E-state index in [2.05, 4.69) is 5.32 Å². The highest BCUT2D eigenvalue weighted by molar-refractivity contribution is 7.88. The Morgan fingerprint density at radius 2 is 1.84 bits per heavy atom. The maximum atomic E-state index is 12.8. The zero-order valence-corrected chi connectivity index (χ0v) is 19.8. The van der Waals surface area contributed by atoms with Crippen LogP contribution in [0.15, 0.2) is 42.5 Å². The predicted octanol–water partition coefficient (Wildman–Crippen LogP) is 4.38. The summed E-state index contributed by atoms with van der Waals surface area (Å²) in [5.74, 6) is -0.0921. The van der Waals surface area contributed by atoms with Crippen LogP contribution >= 0.6 is 34.8 Å². The molecule has 1 amide bonds. The van der Waals surface area contributed by atoms with E-state index in [0.29, 0.717) is 58.9 Å². The average molecular weight is 506 g/mol. The van der Waals surface area contributed by atoms with Crippen LogP contribution in [-0.2, 0) is 20.6 Å². The fraction of sp³-hybridized carbons (Fsp3) is 0.381. The molecule has 2 aromatic carbocycles. The van der Waals surface area contributed by atoms with Gasteiger partial charge in [-0.05, 0) is 54.8 Å². The number of ether oxygens (including phenoxy) is 1. The van der Waals surface area contributed by atoms with Crippen LogP contribution in [0.2, 0.25) is 15.1 Å². The first kappa shape index (κ1) is 24.1. The fourth-order valence-corrected chi connectivity index (χ4v) is 5.40. The lowest BCUT2D eigenvalue weighted by Gasteiger charge is -2.31. The lowest BCUT2D eigenvalue weighted by molar-refractivity contribution is -0.126. The van der Waals surface area contributed by atoms with Gasteiger partial charge < -0.3 is 10.1 Å². The standard InChI is InChI=1S/C21H23Cl3N2O4S/c22-17-4-6-18(7-5-17)30-11-9-25-21(27)16-2-1-10-26(13-16)31(28,29)14-15-3-8-19(23)20(24)12-15/h3-8,12,16H,1-2,9-11,13-14H2,(H,25,27)/t16-/m1/s1. The number of carbonyl (C=O) groups excluding carboxylic acids is 1. The third-order valence-corrected chi connectivity index (χ3v) is 7.77. The van der Waals surface area contributed by atoms with Gasteiger partial charge in [0.15, 0.2) is 0 Å². The van der Waals surface area contributed by atoms with Gasteiger partial charge in [0, 0.05) is 18.1 Å². The Labute approximate surface area is 197 Å². The van der Waals surface area contributed by atoms with Gasteiger partial charge in [-0.3, -0.25) is 4.79 Å². The quantitative estimate of drug-likeness (QED) is 0.540. The average Bonchev–Trinajstić information content (AvgIpc) is 2.75. The van der Waals surface area contributed by atoms with E-state index >= 15 is 0 Å². The van der Waals surface area contributed by atoms with E-state index in [4.69, 9.17) is 39.5 Å². The number of hydrogen-bond acceptors (Lipinski definition) is 4. The molecule has 10 heteroatoms. The summed E-state index contributed by atoms with van der Waals surface area (Å²) in [6, 6.07) is 11.7. The van der Waals surface area contributed by atoms with Gasteiger partial charge >= 0.3 is 0 Å². The van der Waals surface area contributed by atoms with Crippen molar-refractivity contribution in [2.24, 2.45) is 5.92 Å². The molecule has 0 saturated carbocycles. The number of rotatable bonds is 8. The molecule has 0 radical (unpaired) electrons. The van der Waals surface area contributed by atoms with Crippen LogP contribution < -0.4 is 10.1 Å². The van der Waals surface area contributed by atoms with Crippen LogP contribution in [0.3, 0.4) is 0 Å². The first-order chi connectivity index (χ1) is 14.7.